The summed E-state index contributed by atoms with van der Waals surface area (Å²) in [6.07, 6.45) is -3.13. The molecule has 20 heavy (non-hydrogen) atoms. The Balaban J connectivity index is 2.18. The predicted molar refractivity (Wildman–Crippen MR) is 62.4 cm³/mol. The van der Waals surface area contributed by atoms with Crippen molar-refractivity contribution in [1.29, 1.82) is 5.26 Å². The maximum absolute atomic E-state index is 12.4. The van der Waals surface area contributed by atoms with Crippen LogP contribution in [0.4, 0.5) is 19.0 Å². The fraction of sp³-hybridized carbons (Fsp3) is 0.273. The minimum atomic E-state index is -4.60. The van der Waals surface area contributed by atoms with Crippen LogP contribution in [0, 0.1) is 11.3 Å². The first-order chi connectivity index (χ1) is 9.41. The number of nitrogens with zero attached hydrogens (tertiary/aromatic N) is 4. The summed E-state index contributed by atoms with van der Waals surface area (Å²) in [5, 5.41) is 17.0. The predicted octanol–water partition coefficient (Wildman–Crippen LogP) is 2.26. The van der Waals surface area contributed by atoms with Crippen molar-refractivity contribution in [2.45, 2.75) is 19.1 Å². The molecule has 0 aromatic carbocycles. The van der Waals surface area contributed by atoms with Gasteiger partial charge < -0.3 is 5.32 Å². The van der Waals surface area contributed by atoms with Crippen LogP contribution >= 0.6 is 0 Å². The first kappa shape index (κ1) is 13.8. The number of aromatic nitrogens is 4. The Kier molecular flexibility index (Phi) is 3.56. The number of anilines is 1. The van der Waals surface area contributed by atoms with Crippen LogP contribution in [0.1, 0.15) is 30.2 Å². The molecule has 2 N–H and O–H groups in total. The molecule has 2 aromatic heterocycles. The Morgan fingerprint density at radius 2 is 2.20 bits per heavy atom. The maximum Gasteiger partial charge on any atom is 0.453 e. The Hall–Kier alpha value is -2.63. The molecular formula is C11H9F3N6. The van der Waals surface area contributed by atoms with Crippen molar-refractivity contribution in [3.63, 3.8) is 0 Å². The van der Waals surface area contributed by atoms with Gasteiger partial charge in [0.25, 0.3) is 5.82 Å². The monoisotopic (exact) mass is 282 g/mol. The van der Waals surface area contributed by atoms with Crippen LogP contribution < -0.4 is 5.32 Å². The molecule has 2 rings (SSSR count). The van der Waals surface area contributed by atoms with Crippen LogP contribution in [0.2, 0.25) is 0 Å². The molecule has 9 heteroatoms. The molecule has 0 unspecified atom stereocenters. The van der Waals surface area contributed by atoms with E-state index < -0.39 is 18.0 Å². The number of rotatable bonds is 3. The zero-order valence-corrected chi connectivity index (χ0v) is 10.2. The van der Waals surface area contributed by atoms with E-state index >= 15 is 0 Å². The van der Waals surface area contributed by atoms with E-state index in [1.807, 2.05) is 6.07 Å². The van der Waals surface area contributed by atoms with Gasteiger partial charge in [0.15, 0.2) is 0 Å². The lowest BCUT2D eigenvalue weighted by Gasteiger charge is -2.12. The SMILES string of the molecule is C[C@H](Nc1ncccc1C#N)c1nc(C(F)(F)F)n[nH]1. The van der Waals surface area contributed by atoms with Gasteiger partial charge in [-0.25, -0.2) is 9.97 Å². The number of halogens is 3. The van der Waals surface area contributed by atoms with Crippen molar-refractivity contribution in [2.24, 2.45) is 0 Å². The molecule has 0 aliphatic rings. The molecule has 2 heterocycles. The summed E-state index contributed by atoms with van der Waals surface area (Å²) in [6.45, 7) is 1.58. The molecule has 104 valence electrons. The third-order valence-electron chi connectivity index (χ3n) is 2.45. The van der Waals surface area contributed by atoms with E-state index in [2.05, 4.69) is 25.5 Å². The van der Waals surface area contributed by atoms with E-state index in [0.29, 0.717) is 0 Å². The smallest absolute Gasteiger partial charge is 0.359 e. The highest BCUT2D eigenvalue weighted by molar-refractivity contribution is 5.51. The summed E-state index contributed by atoms with van der Waals surface area (Å²) in [5.74, 6) is -0.956. The van der Waals surface area contributed by atoms with Crippen LogP contribution in [0.5, 0.6) is 0 Å². The van der Waals surface area contributed by atoms with E-state index in [4.69, 9.17) is 5.26 Å². The summed E-state index contributed by atoms with van der Waals surface area (Å²) in [5.41, 5.74) is 0.287. The highest BCUT2D eigenvalue weighted by Gasteiger charge is 2.36. The zero-order chi connectivity index (χ0) is 14.8. The van der Waals surface area contributed by atoms with Gasteiger partial charge in [0, 0.05) is 6.20 Å². The Labute approximate surface area is 111 Å². The average molecular weight is 282 g/mol. The van der Waals surface area contributed by atoms with Crippen molar-refractivity contribution >= 4 is 5.82 Å². The van der Waals surface area contributed by atoms with Crippen molar-refractivity contribution in [2.75, 3.05) is 5.32 Å². The molecule has 0 aliphatic heterocycles. The van der Waals surface area contributed by atoms with Gasteiger partial charge in [0.2, 0.25) is 0 Å². The van der Waals surface area contributed by atoms with Gasteiger partial charge in [-0.2, -0.15) is 18.4 Å². The van der Waals surface area contributed by atoms with Crippen molar-refractivity contribution in [3.05, 3.63) is 35.5 Å². The zero-order valence-electron chi connectivity index (χ0n) is 10.2. The topological polar surface area (TPSA) is 90.3 Å². The van der Waals surface area contributed by atoms with Gasteiger partial charge >= 0.3 is 6.18 Å². The molecule has 2 aromatic rings. The molecule has 0 aliphatic carbocycles. The molecule has 6 nitrogen and oxygen atoms in total. The van der Waals surface area contributed by atoms with E-state index in [1.165, 1.54) is 6.20 Å². The number of aromatic amines is 1. The van der Waals surface area contributed by atoms with Crippen molar-refractivity contribution in [3.8, 4) is 6.07 Å². The van der Waals surface area contributed by atoms with Crippen molar-refractivity contribution in [1.82, 2.24) is 20.2 Å². The fourth-order valence-electron chi connectivity index (χ4n) is 1.48. The minimum Gasteiger partial charge on any atom is -0.359 e. The number of nitrogens with one attached hydrogen (secondary N) is 2. The normalized spacial score (nSPS) is 12.8. The van der Waals surface area contributed by atoms with Crippen LogP contribution in [0.25, 0.3) is 0 Å². The summed E-state index contributed by atoms with van der Waals surface area (Å²) in [4.78, 5) is 7.32. The lowest BCUT2D eigenvalue weighted by atomic mass is 10.2. The lowest BCUT2D eigenvalue weighted by molar-refractivity contribution is -0.144. The largest absolute Gasteiger partial charge is 0.453 e. The van der Waals surface area contributed by atoms with E-state index in [-0.39, 0.29) is 17.2 Å². The molecule has 0 amide bonds. The molecule has 0 fully saturated rings. The third-order valence-corrected chi connectivity index (χ3v) is 2.45. The van der Waals surface area contributed by atoms with E-state index in [9.17, 15) is 13.2 Å². The lowest BCUT2D eigenvalue weighted by Crippen LogP contribution is -2.12. The first-order valence-corrected chi connectivity index (χ1v) is 5.53. The molecule has 0 saturated heterocycles. The first-order valence-electron chi connectivity index (χ1n) is 5.53. The van der Waals surface area contributed by atoms with Crippen LogP contribution in [-0.4, -0.2) is 20.2 Å². The van der Waals surface area contributed by atoms with Gasteiger partial charge in [0.1, 0.15) is 17.7 Å². The summed E-state index contributed by atoms with van der Waals surface area (Å²) >= 11 is 0. The number of pyridine rings is 1. The van der Waals surface area contributed by atoms with Gasteiger partial charge in [-0.3, -0.25) is 5.10 Å². The number of alkyl halides is 3. The summed E-state index contributed by atoms with van der Waals surface area (Å²) < 4.78 is 37.2. The highest BCUT2D eigenvalue weighted by atomic mass is 19.4. The minimum absolute atomic E-state index is 0.00636. The fourth-order valence-corrected chi connectivity index (χ4v) is 1.48. The van der Waals surface area contributed by atoms with Gasteiger partial charge in [-0.15, -0.1) is 5.10 Å². The standard InChI is InChI=1S/C11H9F3N6/c1-6(8-18-10(20-19-8)11(12,13)14)17-9-7(5-15)3-2-4-16-9/h2-4,6H,1H3,(H,16,17)(H,18,19,20)/t6-/m0/s1. The van der Waals surface area contributed by atoms with Gasteiger partial charge in [-0.05, 0) is 19.1 Å². The molecular weight excluding hydrogens is 273 g/mol. The molecule has 1 atom stereocenters. The quantitative estimate of drug-likeness (QED) is 0.901. The van der Waals surface area contributed by atoms with Crippen LogP contribution in [0.3, 0.4) is 0 Å². The Morgan fingerprint density at radius 1 is 1.45 bits per heavy atom. The van der Waals surface area contributed by atoms with Gasteiger partial charge in [0.05, 0.1) is 11.6 Å². The van der Waals surface area contributed by atoms with Crippen LogP contribution in [-0.2, 0) is 6.18 Å². The van der Waals surface area contributed by atoms with E-state index in [0.717, 1.165) is 0 Å². The van der Waals surface area contributed by atoms with Gasteiger partial charge in [-0.1, -0.05) is 0 Å². The third kappa shape index (κ3) is 2.85. The highest BCUT2D eigenvalue weighted by Crippen LogP contribution is 2.27. The maximum atomic E-state index is 12.4. The number of hydrogen-bond donors (Lipinski definition) is 2. The number of hydrogen-bond acceptors (Lipinski definition) is 5. The summed E-state index contributed by atoms with van der Waals surface area (Å²) in [7, 11) is 0. The molecule has 0 saturated carbocycles. The second kappa shape index (κ2) is 5.16. The van der Waals surface area contributed by atoms with E-state index in [1.54, 1.807) is 19.1 Å². The average Bonchev–Trinajstić information content (AvgIpc) is 2.89. The second-order valence-corrected chi connectivity index (χ2v) is 3.92. The number of nitriles is 1. The molecule has 0 bridgehead atoms. The van der Waals surface area contributed by atoms with Crippen molar-refractivity contribution < 1.29 is 13.2 Å². The Morgan fingerprint density at radius 3 is 2.80 bits per heavy atom. The summed E-state index contributed by atoms with van der Waals surface area (Å²) in [6, 6.07) is 4.45. The van der Waals surface area contributed by atoms with Crippen LogP contribution in [0.15, 0.2) is 18.3 Å². The molecule has 0 radical (unpaired) electrons. The Bertz CT molecular complexity index is 642. The second-order valence-electron chi connectivity index (χ2n) is 3.92. The molecule has 0 spiro atoms. The number of H-pyrrole nitrogens is 1.